The Bertz CT molecular complexity index is 427. The third kappa shape index (κ3) is 2.91. The normalized spacial score (nSPS) is 10.8. The second-order valence-electron chi connectivity index (χ2n) is 3.11. The molecule has 2 nitrogen and oxygen atoms in total. The summed E-state index contributed by atoms with van der Waals surface area (Å²) in [6.07, 6.45) is -4.10. The summed E-state index contributed by atoms with van der Waals surface area (Å²) in [6.45, 7) is 0.307. The molecule has 0 fully saturated rings. The molecule has 0 aliphatic heterocycles. The van der Waals surface area contributed by atoms with Crippen molar-refractivity contribution in [1.29, 1.82) is 0 Å². The van der Waals surface area contributed by atoms with Gasteiger partial charge in [0.25, 0.3) is 0 Å². The lowest BCUT2D eigenvalue weighted by atomic mass is 10.1. The highest BCUT2D eigenvalue weighted by Crippen LogP contribution is 2.33. The van der Waals surface area contributed by atoms with Crippen LogP contribution in [0.15, 0.2) is 18.2 Å². The van der Waals surface area contributed by atoms with Crippen molar-refractivity contribution in [3.63, 3.8) is 0 Å². The molecule has 86 valence electrons. The van der Waals surface area contributed by atoms with Gasteiger partial charge in [-0.2, -0.15) is 13.2 Å². The summed E-state index contributed by atoms with van der Waals surface area (Å²) < 4.78 is 37.8. The average Bonchev–Trinajstić information content (AvgIpc) is 2.19. The molecule has 0 atom stereocenters. The molecule has 0 aliphatic rings. The van der Waals surface area contributed by atoms with Gasteiger partial charge in [-0.05, 0) is 12.1 Å². The summed E-state index contributed by atoms with van der Waals surface area (Å²) in [4.78, 5) is 0. The second kappa shape index (κ2) is 4.90. The van der Waals surface area contributed by atoms with Crippen LogP contribution in [0.3, 0.4) is 0 Å². The maximum atomic E-state index is 12.6. The fraction of sp³-hybridized carbons (Fsp3) is 0.273. The van der Waals surface area contributed by atoms with Crippen molar-refractivity contribution in [1.82, 2.24) is 0 Å². The maximum Gasteiger partial charge on any atom is 0.417 e. The lowest BCUT2D eigenvalue weighted by molar-refractivity contribution is -0.137. The first-order chi connectivity index (χ1) is 7.46. The maximum absolute atomic E-state index is 12.6. The van der Waals surface area contributed by atoms with Crippen molar-refractivity contribution >= 4 is 5.69 Å². The van der Waals surface area contributed by atoms with Gasteiger partial charge in [-0.3, -0.25) is 0 Å². The zero-order valence-corrected chi connectivity index (χ0v) is 8.43. The largest absolute Gasteiger partial charge is 0.417 e. The van der Waals surface area contributed by atoms with Crippen molar-refractivity contribution in [2.24, 2.45) is 5.73 Å². The van der Waals surface area contributed by atoms with Crippen molar-refractivity contribution in [3.8, 4) is 11.8 Å². The highest BCUT2D eigenvalue weighted by atomic mass is 19.4. The molecular formula is C11H11F3N2. The number of nitrogens with two attached hydrogens (primary N) is 2. The highest BCUT2D eigenvalue weighted by molar-refractivity contribution is 5.60. The molecular weight excluding hydrogens is 217 g/mol. The summed E-state index contributed by atoms with van der Waals surface area (Å²) in [5.41, 5.74) is 9.71. The predicted octanol–water partition coefficient (Wildman–Crippen LogP) is 1.99. The first-order valence-corrected chi connectivity index (χ1v) is 4.61. The lowest BCUT2D eigenvalue weighted by Gasteiger charge is -2.10. The molecule has 0 aliphatic carbocycles. The van der Waals surface area contributed by atoms with Crippen LogP contribution >= 0.6 is 0 Å². The van der Waals surface area contributed by atoms with Gasteiger partial charge in [-0.1, -0.05) is 17.9 Å². The van der Waals surface area contributed by atoms with E-state index in [1.165, 1.54) is 12.1 Å². The predicted molar refractivity (Wildman–Crippen MR) is 56.4 cm³/mol. The van der Waals surface area contributed by atoms with Gasteiger partial charge < -0.3 is 11.5 Å². The lowest BCUT2D eigenvalue weighted by Crippen LogP contribution is -2.09. The Hall–Kier alpha value is -1.67. The summed E-state index contributed by atoms with van der Waals surface area (Å²) in [5, 5.41) is 0. The van der Waals surface area contributed by atoms with E-state index in [2.05, 4.69) is 11.8 Å². The minimum absolute atomic E-state index is 0.0272. The van der Waals surface area contributed by atoms with Gasteiger partial charge in [0.05, 0.1) is 11.1 Å². The number of anilines is 1. The van der Waals surface area contributed by atoms with Crippen LogP contribution in [0.25, 0.3) is 0 Å². The van der Waals surface area contributed by atoms with E-state index in [0.29, 0.717) is 13.0 Å². The summed E-state index contributed by atoms with van der Waals surface area (Å²) in [6, 6.07) is 3.61. The molecule has 0 saturated heterocycles. The molecule has 0 radical (unpaired) electrons. The van der Waals surface area contributed by atoms with Crippen molar-refractivity contribution < 1.29 is 13.2 Å². The number of hydrogen-bond donors (Lipinski definition) is 2. The van der Waals surface area contributed by atoms with Crippen LogP contribution in [-0.2, 0) is 6.18 Å². The van der Waals surface area contributed by atoms with Crippen molar-refractivity contribution in [2.75, 3.05) is 12.3 Å². The SMILES string of the molecule is NCCC#Cc1c(N)cccc1C(F)(F)F. The number of alkyl halides is 3. The van der Waals surface area contributed by atoms with Crippen LogP contribution in [0.5, 0.6) is 0 Å². The van der Waals surface area contributed by atoms with E-state index in [9.17, 15) is 13.2 Å². The molecule has 4 N–H and O–H groups in total. The van der Waals surface area contributed by atoms with Gasteiger partial charge >= 0.3 is 6.18 Å². The third-order valence-corrected chi connectivity index (χ3v) is 1.88. The number of benzene rings is 1. The van der Waals surface area contributed by atoms with E-state index in [-0.39, 0.29) is 11.3 Å². The fourth-order valence-electron chi connectivity index (χ4n) is 1.17. The molecule has 0 saturated carbocycles. The van der Waals surface area contributed by atoms with Crippen molar-refractivity contribution in [2.45, 2.75) is 12.6 Å². The van der Waals surface area contributed by atoms with Crippen LogP contribution < -0.4 is 11.5 Å². The fourth-order valence-corrected chi connectivity index (χ4v) is 1.17. The third-order valence-electron chi connectivity index (χ3n) is 1.88. The molecule has 0 bridgehead atoms. The molecule has 1 rings (SSSR count). The standard InChI is InChI=1S/C11H11F3N2/c12-11(13,14)9-5-3-6-10(16)8(9)4-1-2-7-15/h3,5-6H,2,7,15-16H2. The molecule has 1 aromatic carbocycles. The van der Waals surface area contributed by atoms with Crippen LogP contribution in [0.1, 0.15) is 17.5 Å². The van der Waals surface area contributed by atoms with E-state index in [1.54, 1.807) is 0 Å². The minimum Gasteiger partial charge on any atom is -0.398 e. The molecule has 1 aromatic rings. The molecule has 0 heterocycles. The molecule has 0 spiro atoms. The Morgan fingerprint density at radius 1 is 1.25 bits per heavy atom. The minimum atomic E-state index is -4.44. The summed E-state index contributed by atoms with van der Waals surface area (Å²) in [5.74, 6) is 4.96. The van der Waals surface area contributed by atoms with Crippen LogP contribution in [0, 0.1) is 11.8 Å². The Labute approximate surface area is 91.4 Å². The first-order valence-electron chi connectivity index (χ1n) is 4.61. The van der Waals surface area contributed by atoms with E-state index in [0.717, 1.165) is 6.07 Å². The topological polar surface area (TPSA) is 52.0 Å². The number of hydrogen-bond acceptors (Lipinski definition) is 2. The van der Waals surface area contributed by atoms with Gasteiger partial charge in [-0.15, -0.1) is 0 Å². The molecule has 16 heavy (non-hydrogen) atoms. The van der Waals surface area contributed by atoms with Crippen molar-refractivity contribution in [3.05, 3.63) is 29.3 Å². The summed E-state index contributed by atoms with van der Waals surface area (Å²) in [7, 11) is 0. The zero-order chi connectivity index (χ0) is 12.2. The molecule has 0 amide bonds. The Morgan fingerprint density at radius 2 is 1.94 bits per heavy atom. The van der Waals surface area contributed by atoms with Gasteiger partial charge in [0.15, 0.2) is 0 Å². The van der Waals surface area contributed by atoms with E-state index < -0.39 is 11.7 Å². The Kier molecular flexibility index (Phi) is 3.80. The smallest absolute Gasteiger partial charge is 0.398 e. The summed E-state index contributed by atoms with van der Waals surface area (Å²) >= 11 is 0. The second-order valence-corrected chi connectivity index (χ2v) is 3.11. The number of nitrogen functional groups attached to an aromatic ring is 1. The van der Waals surface area contributed by atoms with Gasteiger partial charge in [0.2, 0.25) is 0 Å². The van der Waals surface area contributed by atoms with Crippen LogP contribution in [0.4, 0.5) is 18.9 Å². The molecule has 5 heteroatoms. The van der Waals surface area contributed by atoms with Gasteiger partial charge in [0.1, 0.15) is 0 Å². The van der Waals surface area contributed by atoms with Crippen LogP contribution in [0.2, 0.25) is 0 Å². The van der Waals surface area contributed by atoms with Gasteiger partial charge in [-0.25, -0.2) is 0 Å². The molecule has 0 aromatic heterocycles. The number of rotatable bonds is 1. The highest BCUT2D eigenvalue weighted by Gasteiger charge is 2.33. The number of halogens is 3. The average molecular weight is 228 g/mol. The van der Waals surface area contributed by atoms with E-state index in [4.69, 9.17) is 11.5 Å². The Balaban J connectivity index is 3.21. The Morgan fingerprint density at radius 3 is 2.50 bits per heavy atom. The first kappa shape index (κ1) is 12.4. The van der Waals surface area contributed by atoms with E-state index in [1.807, 2.05) is 0 Å². The van der Waals surface area contributed by atoms with E-state index >= 15 is 0 Å². The molecule has 0 unspecified atom stereocenters. The van der Waals surface area contributed by atoms with Gasteiger partial charge in [0, 0.05) is 18.7 Å². The van der Waals surface area contributed by atoms with Crippen LogP contribution in [-0.4, -0.2) is 6.54 Å². The quantitative estimate of drug-likeness (QED) is 0.570. The monoisotopic (exact) mass is 228 g/mol. The zero-order valence-electron chi connectivity index (χ0n) is 8.43.